The van der Waals surface area contributed by atoms with E-state index in [0.29, 0.717) is 11.1 Å². The summed E-state index contributed by atoms with van der Waals surface area (Å²) in [6, 6.07) is 23.9. The predicted octanol–water partition coefficient (Wildman–Crippen LogP) is 4.74. The number of Topliss-reactive ketones (excluding diaryl/α,β-unsaturated/α-hetero) is 1. The first-order valence-electron chi connectivity index (χ1n) is 21.2. The van der Waals surface area contributed by atoms with Gasteiger partial charge in [-0.3, -0.25) is 19.2 Å². The molecule has 14 heteroatoms. The van der Waals surface area contributed by atoms with Crippen LogP contribution in [-0.2, 0) is 38.1 Å². The molecule has 0 radical (unpaired) electrons. The zero-order valence-corrected chi connectivity index (χ0v) is 36.1. The number of esters is 3. The van der Waals surface area contributed by atoms with E-state index in [9.17, 15) is 34.5 Å². The number of aliphatic hydroxyl groups is 3. The molecule has 4 aliphatic rings. The molecule has 1 saturated heterocycles. The Morgan fingerprint density at radius 1 is 0.823 bits per heavy atom. The van der Waals surface area contributed by atoms with E-state index >= 15 is 4.79 Å². The Labute approximate surface area is 361 Å². The van der Waals surface area contributed by atoms with E-state index in [2.05, 4.69) is 5.32 Å². The molecule has 1 aliphatic heterocycles. The maximum Gasteiger partial charge on any atom is 0.338 e. The summed E-state index contributed by atoms with van der Waals surface area (Å²) in [5.41, 5.74) is -5.82. The van der Waals surface area contributed by atoms with Crippen molar-refractivity contribution in [2.75, 3.05) is 6.61 Å². The molecular weight excluding hydrogens is 799 g/mol. The van der Waals surface area contributed by atoms with Crippen LogP contribution in [0.5, 0.6) is 0 Å². The minimum absolute atomic E-state index is 0.158. The summed E-state index contributed by atoms with van der Waals surface area (Å²) in [4.78, 5) is 69.7. The lowest BCUT2D eigenvalue weighted by atomic mass is 9.41. The van der Waals surface area contributed by atoms with Crippen LogP contribution in [-0.4, -0.2) is 99.5 Å². The van der Waals surface area contributed by atoms with Crippen LogP contribution in [0.2, 0.25) is 0 Å². The molecule has 62 heavy (non-hydrogen) atoms. The first-order chi connectivity index (χ1) is 29.3. The van der Waals surface area contributed by atoms with Gasteiger partial charge in [-0.2, -0.15) is 0 Å². The van der Waals surface area contributed by atoms with Gasteiger partial charge < -0.3 is 44.3 Å². The number of rotatable bonds is 11. The van der Waals surface area contributed by atoms with Crippen molar-refractivity contribution in [2.45, 2.75) is 115 Å². The lowest BCUT2D eigenvalue weighted by Crippen LogP contribution is -2.82. The molecule has 3 aromatic rings. The van der Waals surface area contributed by atoms with Gasteiger partial charge >= 0.3 is 17.9 Å². The van der Waals surface area contributed by atoms with Gasteiger partial charge in [0, 0.05) is 42.6 Å². The van der Waals surface area contributed by atoms with Crippen molar-refractivity contribution in [2.24, 2.45) is 34.5 Å². The number of ketones is 1. The Bertz CT molecular complexity index is 2150. The average Bonchev–Trinajstić information content (AvgIpc) is 3.24. The second kappa shape index (κ2) is 16.9. The minimum atomic E-state index is -2.18. The zero-order valence-electron chi connectivity index (χ0n) is 36.1. The maximum absolute atomic E-state index is 15.7. The molecule has 14 nitrogen and oxygen atoms in total. The van der Waals surface area contributed by atoms with E-state index in [1.807, 2.05) is 6.92 Å². The van der Waals surface area contributed by atoms with E-state index < -0.39 is 118 Å². The Morgan fingerprint density at radius 2 is 1.40 bits per heavy atom. The normalized spacial score (nSPS) is 34.8. The van der Waals surface area contributed by atoms with Gasteiger partial charge in [0.05, 0.1) is 30.2 Å². The molecule has 332 valence electrons. The molecule has 3 saturated carbocycles. The number of carbonyl (C=O) groups excluding carboxylic acids is 5. The quantitative estimate of drug-likeness (QED) is 0.117. The third kappa shape index (κ3) is 7.53. The molecule has 1 heterocycles. The second-order valence-electron chi connectivity index (χ2n) is 18.4. The van der Waals surface area contributed by atoms with Gasteiger partial charge in [-0.05, 0) is 48.1 Å². The van der Waals surface area contributed by atoms with Gasteiger partial charge in [-0.1, -0.05) is 101 Å². The molecule has 7 rings (SSSR count). The van der Waals surface area contributed by atoms with Crippen LogP contribution < -0.4 is 5.32 Å². The van der Waals surface area contributed by atoms with E-state index in [0.717, 1.165) is 0 Å². The van der Waals surface area contributed by atoms with Crippen LogP contribution in [0.15, 0.2) is 91.0 Å². The predicted molar refractivity (Wildman–Crippen MR) is 222 cm³/mol. The highest BCUT2D eigenvalue weighted by molar-refractivity contribution is 5.94. The van der Waals surface area contributed by atoms with Crippen LogP contribution in [0.25, 0.3) is 0 Å². The first-order valence-corrected chi connectivity index (χ1v) is 21.2. The number of aliphatic hydroxyl groups excluding tert-OH is 2. The highest BCUT2D eigenvalue weighted by Crippen LogP contribution is 2.66. The third-order valence-corrected chi connectivity index (χ3v) is 14.6. The lowest BCUT2D eigenvalue weighted by molar-refractivity contribution is -0.354. The summed E-state index contributed by atoms with van der Waals surface area (Å²) in [6.45, 7) is 10.9. The van der Waals surface area contributed by atoms with Crippen molar-refractivity contribution in [3.8, 4) is 0 Å². The van der Waals surface area contributed by atoms with Crippen molar-refractivity contribution in [1.82, 2.24) is 5.32 Å². The molecule has 4 N–H and O–H groups in total. The largest absolute Gasteiger partial charge is 0.455 e. The van der Waals surface area contributed by atoms with Gasteiger partial charge in [0.2, 0.25) is 0 Å². The van der Waals surface area contributed by atoms with Crippen molar-refractivity contribution in [3.05, 3.63) is 108 Å². The zero-order chi connectivity index (χ0) is 44.9. The number of benzene rings is 3. The van der Waals surface area contributed by atoms with Crippen LogP contribution in [0.3, 0.4) is 0 Å². The fraction of sp³-hybridized carbons (Fsp3) is 0.521. The van der Waals surface area contributed by atoms with Gasteiger partial charge in [0.25, 0.3) is 5.91 Å². The number of hydrogen-bond donors (Lipinski definition) is 4. The number of fused-ring (bicyclic) bond motifs is 5. The molecule has 0 spiro atoms. The van der Waals surface area contributed by atoms with Crippen molar-refractivity contribution >= 4 is 29.6 Å². The summed E-state index contributed by atoms with van der Waals surface area (Å²) >= 11 is 0. The highest BCUT2D eigenvalue weighted by Gasteiger charge is 2.79. The van der Waals surface area contributed by atoms with Gasteiger partial charge in [0.1, 0.15) is 23.9 Å². The summed E-state index contributed by atoms with van der Waals surface area (Å²) < 4.78 is 31.2. The van der Waals surface area contributed by atoms with Crippen molar-refractivity contribution in [1.29, 1.82) is 0 Å². The van der Waals surface area contributed by atoms with Gasteiger partial charge in [0.15, 0.2) is 23.8 Å². The SMILES string of the molecule is CC(=O)OC1C(=O)[C@@]2(C)[C@H]([C@H](OC(=O)c3ccccc3)[C@]3(O)C[C@@H](O[C@H](O)[C@H](O)[C@@H](NC(=O)c4ccccc4)c4ccccc4)C(C)C1C3(C)C)[C@]1(OC(C)=O)CO[C@@H]1C[C@@H]2C. The van der Waals surface area contributed by atoms with Gasteiger partial charge in [-0.15, -0.1) is 0 Å². The second-order valence-corrected chi connectivity index (χ2v) is 18.4. The van der Waals surface area contributed by atoms with E-state index in [1.165, 1.54) is 13.8 Å². The fourth-order valence-corrected chi connectivity index (χ4v) is 11.2. The molecule has 3 aromatic carbocycles. The summed E-state index contributed by atoms with van der Waals surface area (Å²) in [5, 5.41) is 40.5. The smallest absolute Gasteiger partial charge is 0.338 e. The fourth-order valence-electron chi connectivity index (χ4n) is 11.2. The van der Waals surface area contributed by atoms with E-state index in [4.69, 9.17) is 23.7 Å². The number of hydrogen-bond acceptors (Lipinski definition) is 13. The summed E-state index contributed by atoms with van der Waals surface area (Å²) in [7, 11) is 0. The van der Waals surface area contributed by atoms with E-state index in [1.54, 1.807) is 119 Å². The molecule has 14 atom stereocenters. The molecule has 4 fully saturated rings. The highest BCUT2D eigenvalue weighted by atomic mass is 16.6. The monoisotopic (exact) mass is 855 g/mol. The molecule has 2 bridgehead atoms. The lowest BCUT2D eigenvalue weighted by Gasteiger charge is -2.69. The maximum atomic E-state index is 15.7. The summed E-state index contributed by atoms with van der Waals surface area (Å²) in [5.74, 6) is -6.91. The van der Waals surface area contributed by atoms with Gasteiger partial charge in [-0.25, -0.2) is 4.79 Å². The minimum Gasteiger partial charge on any atom is -0.455 e. The van der Waals surface area contributed by atoms with Crippen LogP contribution in [0.4, 0.5) is 0 Å². The standard InChI is InChI=1S/C48H57NO13/c1-26-23-34-47(25-58-34,62-29(4)51)39-41(61-43(55)32-21-15-10-16-22-32)48(57)24-33(27(2)35(45(48,5)6)38(59-28(3)50)40(53)46(26,39)7)60-44(56)37(52)36(30-17-11-8-12-18-30)49-42(54)31-19-13-9-14-20-31/h8-22,26-27,33-39,41,44,52,56-57H,23-25H2,1-7H3,(H,49,54)/t26-,27?,33+,34+,35?,36-,37+,38?,39-,41-,44-,46+,47-,48+/m0/s1. The van der Waals surface area contributed by atoms with Crippen LogP contribution in [0, 0.1) is 34.5 Å². The Morgan fingerprint density at radius 3 is 1.95 bits per heavy atom. The van der Waals surface area contributed by atoms with E-state index in [-0.39, 0.29) is 25.0 Å². The van der Waals surface area contributed by atoms with Crippen molar-refractivity contribution in [3.63, 3.8) is 0 Å². The number of carbonyl (C=O) groups is 5. The number of nitrogens with one attached hydrogen (secondary N) is 1. The molecule has 1 amide bonds. The summed E-state index contributed by atoms with van der Waals surface area (Å²) in [6.07, 6.45) is -8.94. The van der Waals surface area contributed by atoms with Crippen LogP contribution in [0.1, 0.15) is 93.6 Å². The van der Waals surface area contributed by atoms with Crippen LogP contribution >= 0.6 is 0 Å². The average molecular weight is 856 g/mol. The number of ether oxygens (including phenoxy) is 5. The number of amides is 1. The molecule has 3 unspecified atom stereocenters. The molecular formula is C48H57NO13. The molecule has 0 aromatic heterocycles. The Kier molecular flexibility index (Phi) is 12.3. The Hall–Kier alpha value is -4.99. The third-order valence-electron chi connectivity index (χ3n) is 14.6. The first kappa shape index (κ1) is 45.0. The molecule has 3 aliphatic carbocycles. The Balaban J connectivity index is 1.36. The topological polar surface area (TPSA) is 204 Å². The van der Waals surface area contributed by atoms with Crippen molar-refractivity contribution < 1.29 is 63.0 Å².